The van der Waals surface area contributed by atoms with Gasteiger partial charge in [0.2, 0.25) is 0 Å². The van der Waals surface area contributed by atoms with E-state index in [1.165, 1.54) is 24.8 Å². The van der Waals surface area contributed by atoms with Gasteiger partial charge in [-0.1, -0.05) is 19.1 Å². The number of rotatable bonds is 8. The van der Waals surface area contributed by atoms with E-state index in [9.17, 15) is 0 Å². The number of aryl methyl sites for hydroxylation is 1. The summed E-state index contributed by atoms with van der Waals surface area (Å²) in [6.45, 7) is 6.27. The second-order valence-electron chi connectivity index (χ2n) is 5.35. The van der Waals surface area contributed by atoms with E-state index in [1.54, 1.807) is 0 Å². The molecule has 1 N–H and O–H groups in total. The first-order chi connectivity index (χ1) is 8.79. The Labute approximate surface area is 111 Å². The van der Waals surface area contributed by atoms with E-state index in [0.717, 1.165) is 31.2 Å². The highest BCUT2D eigenvalue weighted by molar-refractivity contribution is 5.27. The first-order valence-electron chi connectivity index (χ1n) is 7.22. The van der Waals surface area contributed by atoms with Crippen molar-refractivity contribution in [3.63, 3.8) is 0 Å². The van der Waals surface area contributed by atoms with Crippen LogP contribution in [-0.2, 0) is 0 Å². The second kappa shape index (κ2) is 6.79. The van der Waals surface area contributed by atoms with Crippen LogP contribution in [0, 0.1) is 12.8 Å². The Morgan fingerprint density at radius 2 is 2.22 bits per heavy atom. The van der Waals surface area contributed by atoms with Crippen LogP contribution in [0.25, 0.3) is 0 Å². The molecule has 18 heavy (non-hydrogen) atoms. The summed E-state index contributed by atoms with van der Waals surface area (Å²) in [4.78, 5) is 0. The Hall–Kier alpha value is -1.02. The molecular weight excluding hydrogens is 222 g/mol. The fourth-order valence-corrected chi connectivity index (χ4v) is 2.34. The normalized spacial score (nSPS) is 16.6. The lowest BCUT2D eigenvalue weighted by atomic mass is 10.1. The van der Waals surface area contributed by atoms with E-state index in [0.29, 0.717) is 6.04 Å². The molecule has 1 aliphatic carbocycles. The van der Waals surface area contributed by atoms with Gasteiger partial charge in [0, 0.05) is 6.04 Å². The largest absolute Gasteiger partial charge is 0.494 e. The van der Waals surface area contributed by atoms with Gasteiger partial charge in [0.05, 0.1) is 6.61 Å². The Balaban J connectivity index is 1.72. The van der Waals surface area contributed by atoms with Crippen LogP contribution in [0.3, 0.4) is 0 Å². The van der Waals surface area contributed by atoms with E-state index in [4.69, 9.17) is 4.74 Å². The minimum absolute atomic E-state index is 0.662. The molecule has 2 rings (SSSR count). The fraction of sp³-hybridized carbons (Fsp3) is 0.625. The summed E-state index contributed by atoms with van der Waals surface area (Å²) < 4.78 is 5.84. The number of nitrogens with one attached hydrogen (secondary N) is 1. The Kier molecular flexibility index (Phi) is 5.06. The summed E-state index contributed by atoms with van der Waals surface area (Å²) in [7, 11) is 0. The molecule has 0 radical (unpaired) electrons. The van der Waals surface area contributed by atoms with Crippen molar-refractivity contribution in [3.8, 4) is 5.75 Å². The molecule has 0 aliphatic heterocycles. The summed E-state index contributed by atoms with van der Waals surface area (Å²) >= 11 is 0. The zero-order valence-electron chi connectivity index (χ0n) is 11.6. The minimum Gasteiger partial charge on any atom is -0.494 e. The molecule has 0 amide bonds. The Morgan fingerprint density at radius 3 is 2.89 bits per heavy atom. The molecule has 100 valence electrons. The molecule has 0 aromatic heterocycles. The maximum atomic E-state index is 5.84. The molecule has 1 aromatic carbocycles. The molecule has 0 bridgehead atoms. The van der Waals surface area contributed by atoms with E-state index in [2.05, 4.69) is 37.4 Å². The molecule has 2 heteroatoms. The molecule has 2 nitrogen and oxygen atoms in total. The van der Waals surface area contributed by atoms with Crippen LogP contribution in [0.5, 0.6) is 5.75 Å². The maximum Gasteiger partial charge on any atom is 0.119 e. The van der Waals surface area contributed by atoms with Crippen LogP contribution in [0.15, 0.2) is 24.3 Å². The molecule has 0 spiro atoms. The molecular formula is C16H25NO. The predicted octanol–water partition coefficient (Wildman–Crippen LogP) is 3.54. The average molecular weight is 247 g/mol. The van der Waals surface area contributed by atoms with E-state index >= 15 is 0 Å². The van der Waals surface area contributed by atoms with Crippen molar-refractivity contribution < 1.29 is 4.74 Å². The van der Waals surface area contributed by atoms with Crippen molar-refractivity contribution >= 4 is 0 Å². The number of benzene rings is 1. The third-order valence-electron chi connectivity index (χ3n) is 3.53. The molecule has 1 saturated carbocycles. The third-order valence-corrected chi connectivity index (χ3v) is 3.53. The van der Waals surface area contributed by atoms with Gasteiger partial charge in [-0.3, -0.25) is 0 Å². The molecule has 1 aliphatic rings. The van der Waals surface area contributed by atoms with E-state index in [-0.39, 0.29) is 0 Å². The molecule has 0 heterocycles. The van der Waals surface area contributed by atoms with Gasteiger partial charge in [0.25, 0.3) is 0 Å². The highest BCUT2D eigenvalue weighted by atomic mass is 16.5. The highest BCUT2D eigenvalue weighted by Crippen LogP contribution is 2.34. The number of hydrogen-bond acceptors (Lipinski definition) is 2. The Morgan fingerprint density at radius 1 is 1.39 bits per heavy atom. The van der Waals surface area contributed by atoms with Crippen LogP contribution in [0.2, 0.25) is 0 Å². The maximum absolute atomic E-state index is 5.84. The molecule has 0 saturated heterocycles. The van der Waals surface area contributed by atoms with Gasteiger partial charge >= 0.3 is 0 Å². The fourth-order valence-electron chi connectivity index (χ4n) is 2.34. The minimum atomic E-state index is 0.662. The topological polar surface area (TPSA) is 21.3 Å². The van der Waals surface area contributed by atoms with Gasteiger partial charge in [0.15, 0.2) is 0 Å². The smallest absolute Gasteiger partial charge is 0.119 e. The SMILES string of the molecule is CCCNC(CCOc1cccc(C)c1)C1CC1. The van der Waals surface area contributed by atoms with Crippen LogP contribution in [0.4, 0.5) is 0 Å². The monoisotopic (exact) mass is 247 g/mol. The summed E-state index contributed by atoms with van der Waals surface area (Å²) in [5, 5.41) is 3.65. The Bertz CT molecular complexity index is 360. The van der Waals surface area contributed by atoms with E-state index < -0.39 is 0 Å². The van der Waals surface area contributed by atoms with Crippen molar-refractivity contribution in [2.45, 2.75) is 45.6 Å². The van der Waals surface area contributed by atoms with Crippen molar-refractivity contribution in [2.24, 2.45) is 5.92 Å². The van der Waals surface area contributed by atoms with Crippen molar-refractivity contribution in [2.75, 3.05) is 13.2 Å². The van der Waals surface area contributed by atoms with Gasteiger partial charge in [0.1, 0.15) is 5.75 Å². The first-order valence-corrected chi connectivity index (χ1v) is 7.22. The van der Waals surface area contributed by atoms with Crippen molar-refractivity contribution in [1.82, 2.24) is 5.32 Å². The van der Waals surface area contributed by atoms with Crippen LogP contribution in [-0.4, -0.2) is 19.2 Å². The predicted molar refractivity (Wildman–Crippen MR) is 76.1 cm³/mol. The number of ether oxygens (including phenoxy) is 1. The summed E-state index contributed by atoms with van der Waals surface area (Å²) in [5.41, 5.74) is 1.26. The molecule has 1 atom stereocenters. The molecule has 1 fully saturated rings. The van der Waals surface area contributed by atoms with Crippen LogP contribution < -0.4 is 10.1 Å². The highest BCUT2D eigenvalue weighted by Gasteiger charge is 2.30. The summed E-state index contributed by atoms with van der Waals surface area (Å²) in [6.07, 6.45) is 5.12. The number of hydrogen-bond donors (Lipinski definition) is 1. The van der Waals surface area contributed by atoms with Crippen LogP contribution in [0.1, 0.15) is 38.2 Å². The molecule has 1 unspecified atom stereocenters. The van der Waals surface area contributed by atoms with Gasteiger partial charge in [-0.2, -0.15) is 0 Å². The summed E-state index contributed by atoms with van der Waals surface area (Å²) in [5.74, 6) is 1.90. The lowest BCUT2D eigenvalue weighted by molar-refractivity contribution is 0.276. The summed E-state index contributed by atoms with van der Waals surface area (Å²) in [6, 6.07) is 8.96. The quantitative estimate of drug-likeness (QED) is 0.758. The lowest BCUT2D eigenvalue weighted by Gasteiger charge is -2.18. The average Bonchev–Trinajstić information content (AvgIpc) is 3.18. The second-order valence-corrected chi connectivity index (χ2v) is 5.35. The van der Waals surface area contributed by atoms with Crippen LogP contribution >= 0.6 is 0 Å². The van der Waals surface area contributed by atoms with E-state index in [1.807, 2.05) is 6.07 Å². The zero-order valence-corrected chi connectivity index (χ0v) is 11.6. The zero-order chi connectivity index (χ0) is 12.8. The lowest BCUT2D eigenvalue weighted by Crippen LogP contribution is -2.33. The van der Waals surface area contributed by atoms with Gasteiger partial charge in [-0.25, -0.2) is 0 Å². The third kappa shape index (κ3) is 4.34. The van der Waals surface area contributed by atoms with Gasteiger partial charge in [-0.15, -0.1) is 0 Å². The molecule has 1 aromatic rings. The standard InChI is InChI=1S/C16H25NO/c1-3-10-17-16(14-7-8-14)9-11-18-15-6-4-5-13(2)12-15/h4-6,12,14,16-17H,3,7-11H2,1-2H3. The van der Waals surface area contributed by atoms with Crippen molar-refractivity contribution in [3.05, 3.63) is 29.8 Å². The van der Waals surface area contributed by atoms with Gasteiger partial charge < -0.3 is 10.1 Å². The van der Waals surface area contributed by atoms with Gasteiger partial charge in [-0.05, 0) is 62.8 Å². The first kappa shape index (κ1) is 13.4. The van der Waals surface area contributed by atoms with Crippen molar-refractivity contribution in [1.29, 1.82) is 0 Å².